The van der Waals surface area contributed by atoms with E-state index in [1.165, 1.54) is 5.57 Å². The number of primary amides is 1. The number of hydrogen-bond acceptors (Lipinski definition) is 3. The molecule has 1 aromatic rings. The molecule has 0 aliphatic carbocycles. The van der Waals surface area contributed by atoms with Crippen LogP contribution in [0.2, 0.25) is 0 Å². The van der Waals surface area contributed by atoms with Gasteiger partial charge in [0.15, 0.2) is 0 Å². The summed E-state index contributed by atoms with van der Waals surface area (Å²) in [7, 11) is 0. The maximum absolute atomic E-state index is 11.3. The van der Waals surface area contributed by atoms with Crippen molar-refractivity contribution in [1.29, 1.82) is 0 Å². The van der Waals surface area contributed by atoms with Gasteiger partial charge >= 0.3 is 0 Å². The zero-order valence-corrected chi connectivity index (χ0v) is 11.6. The SMILES string of the molecule is NC(=O)c1ccc(Br)cc1NCC1=CCNCC1. The molecular weight excluding hydrogens is 294 g/mol. The van der Waals surface area contributed by atoms with Crippen LogP contribution in [-0.4, -0.2) is 25.5 Å². The van der Waals surface area contributed by atoms with E-state index in [0.29, 0.717) is 5.56 Å². The Hall–Kier alpha value is -1.33. The Labute approximate surface area is 115 Å². The minimum atomic E-state index is -0.413. The second-order valence-corrected chi connectivity index (χ2v) is 5.14. The van der Waals surface area contributed by atoms with Crippen LogP contribution in [0.5, 0.6) is 0 Å². The Morgan fingerprint density at radius 1 is 1.50 bits per heavy atom. The second-order valence-electron chi connectivity index (χ2n) is 4.22. The summed E-state index contributed by atoms with van der Waals surface area (Å²) in [6, 6.07) is 5.42. The predicted octanol–water partition coefficient (Wildman–Crippen LogP) is 1.88. The van der Waals surface area contributed by atoms with Gasteiger partial charge in [-0.2, -0.15) is 0 Å². The van der Waals surface area contributed by atoms with E-state index < -0.39 is 5.91 Å². The second kappa shape index (κ2) is 6.02. The summed E-state index contributed by atoms with van der Waals surface area (Å²) in [5, 5.41) is 6.54. The predicted molar refractivity (Wildman–Crippen MR) is 76.7 cm³/mol. The average molecular weight is 310 g/mol. The van der Waals surface area contributed by atoms with Gasteiger partial charge in [-0.15, -0.1) is 0 Å². The number of rotatable bonds is 4. The molecule has 0 atom stereocenters. The lowest BCUT2D eigenvalue weighted by molar-refractivity contribution is 0.100. The Balaban J connectivity index is 2.10. The highest BCUT2D eigenvalue weighted by Crippen LogP contribution is 2.21. The summed E-state index contributed by atoms with van der Waals surface area (Å²) in [5.41, 5.74) is 8.00. The molecule has 96 valence electrons. The van der Waals surface area contributed by atoms with Crippen LogP contribution in [0.3, 0.4) is 0 Å². The van der Waals surface area contributed by atoms with Crippen LogP contribution < -0.4 is 16.4 Å². The molecule has 0 saturated heterocycles. The molecule has 1 aromatic carbocycles. The quantitative estimate of drug-likeness (QED) is 0.744. The largest absolute Gasteiger partial charge is 0.381 e. The van der Waals surface area contributed by atoms with Crippen molar-refractivity contribution in [3.05, 3.63) is 39.9 Å². The van der Waals surface area contributed by atoms with E-state index in [1.807, 2.05) is 12.1 Å². The number of carbonyl (C=O) groups excluding carboxylic acids is 1. The van der Waals surface area contributed by atoms with E-state index in [-0.39, 0.29) is 0 Å². The van der Waals surface area contributed by atoms with Crippen molar-refractivity contribution < 1.29 is 4.79 Å². The van der Waals surface area contributed by atoms with Gasteiger partial charge in [-0.3, -0.25) is 4.79 Å². The zero-order valence-electron chi connectivity index (χ0n) is 10.0. The van der Waals surface area contributed by atoms with Crippen LogP contribution in [0.15, 0.2) is 34.3 Å². The van der Waals surface area contributed by atoms with Gasteiger partial charge < -0.3 is 16.4 Å². The lowest BCUT2D eigenvalue weighted by atomic mass is 10.1. The molecule has 4 N–H and O–H groups in total. The number of nitrogens with two attached hydrogens (primary N) is 1. The topological polar surface area (TPSA) is 67.2 Å². The Morgan fingerprint density at radius 2 is 2.33 bits per heavy atom. The molecule has 0 radical (unpaired) electrons. The first kappa shape index (κ1) is 13.1. The van der Waals surface area contributed by atoms with E-state index in [1.54, 1.807) is 6.07 Å². The van der Waals surface area contributed by atoms with Crippen LogP contribution in [0.1, 0.15) is 16.8 Å². The van der Waals surface area contributed by atoms with Gasteiger partial charge in [0, 0.05) is 23.2 Å². The first-order chi connectivity index (χ1) is 8.66. The highest BCUT2D eigenvalue weighted by Gasteiger charge is 2.09. The van der Waals surface area contributed by atoms with Crippen LogP contribution in [0.4, 0.5) is 5.69 Å². The Kier molecular flexibility index (Phi) is 4.38. The van der Waals surface area contributed by atoms with Crippen molar-refractivity contribution in [3.8, 4) is 0 Å². The van der Waals surface area contributed by atoms with Crippen molar-refractivity contribution in [1.82, 2.24) is 5.32 Å². The highest BCUT2D eigenvalue weighted by molar-refractivity contribution is 9.10. The molecule has 0 fully saturated rings. The van der Waals surface area contributed by atoms with Crippen molar-refractivity contribution in [2.24, 2.45) is 5.73 Å². The minimum absolute atomic E-state index is 0.413. The third-order valence-corrected chi connectivity index (χ3v) is 3.40. The standard InChI is InChI=1S/C13H16BrN3O/c14-10-1-2-11(13(15)18)12(7-10)17-8-9-3-5-16-6-4-9/h1-3,7,16-17H,4-6,8H2,(H2,15,18). The maximum Gasteiger partial charge on any atom is 0.250 e. The molecule has 4 nitrogen and oxygen atoms in total. The first-order valence-corrected chi connectivity index (χ1v) is 6.68. The lowest BCUT2D eigenvalue weighted by Crippen LogP contribution is -2.23. The van der Waals surface area contributed by atoms with Crippen molar-refractivity contribution in [2.45, 2.75) is 6.42 Å². The molecule has 18 heavy (non-hydrogen) atoms. The highest BCUT2D eigenvalue weighted by atomic mass is 79.9. The summed E-state index contributed by atoms with van der Waals surface area (Å²) in [6.45, 7) is 2.67. The van der Waals surface area contributed by atoms with Crippen LogP contribution >= 0.6 is 15.9 Å². The molecule has 2 rings (SSSR count). The number of benzene rings is 1. The number of hydrogen-bond donors (Lipinski definition) is 3. The minimum Gasteiger partial charge on any atom is -0.381 e. The molecule has 0 bridgehead atoms. The number of amides is 1. The van der Waals surface area contributed by atoms with E-state index in [9.17, 15) is 4.79 Å². The molecular formula is C13H16BrN3O. The van der Waals surface area contributed by atoms with Gasteiger partial charge in [0.05, 0.1) is 5.56 Å². The summed E-state index contributed by atoms with van der Waals surface area (Å²) < 4.78 is 0.925. The van der Waals surface area contributed by atoms with Gasteiger partial charge in [-0.05, 0) is 31.2 Å². The molecule has 5 heteroatoms. The maximum atomic E-state index is 11.3. The third-order valence-electron chi connectivity index (χ3n) is 2.91. The van der Waals surface area contributed by atoms with Crippen molar-refractivity contribution in [2.75, 3.05) is 25.0 Å². The van der Waals surface area contributed by atoms with Gasteiger partial charge in [0.25, 0.3) is 5.91 Å². The monoisotopic (exact) mass is 309 g/mol. The van der Waals surface area contributed by atoms with Gasteiger partial charge in [-0.1, -0.05) is 27.6 Å². The van der Waals surface area contributed by atoms with Crippen LogP contribution in [-0.2, 0) is 0 Å². The molecule has 0 aromatic heterocycles. The lowest BCUT2D eigenvalue weighted by Gasteiger charge is -2.16. The normalized spacial score (nSPS) is 15.1. The Morgan fingerprint density at radius 3 is 3.00 bits per heavy atom. The van der Waals surface area contributed by atoms with Gasteiger partial charge in [0.2, 0.25) is 0 Å². The number of carbonyl (C=O) groups is 1. The van der Waals surface area contributed by atoms with E-state index >= 15 is 0 Å². The molecule has 1 heterocycles. The molecule has 0 spiro atoms. The van der Waals surface area contributed by atoms with Crippen LogP contribution in [0, 0.1) is 0 Å². The van der Waals surface area contributed by atoms with Crippen molar-refractivity contribution in [3.63, 3.8) is 0 Å². The number of nitrogens with one attached hydrogen (secondary N) is 2. The van der Waals surface area contributed by atoms with Gasteiger partial charge in [-0.25, -0.2) is 0 Å². The molecule has 0 saturated carbocycles. The first-order valence-electron chi connectivity index (χ1n) is 5.88. The smallest absolute Gasteiger partial charge is 0.250 e. The fourth-order valence-electron chi connectivity index (χ4n) is 1.92. The van der Waals surface area contributed by atoms with Crippen LogP contribution in [0.25, 0.3) is 0 Å². The van der Waals surface area contributed by atoms with E-state index in [2.05, 4.69) is 32.6 Å². The fourth-order valence-corrected chi connectivity index (χ4v) is 2.28. The van der Waals surface area contributed by atoms with Gasteiger partial charge in [0.1, 0.15) is 0 Å². The van der Waals surface area contributed by atoms with E-state index in [0.717, 1.165) is 36.2 Å². The zero-order chi connectivity index (χ0) is 13.0. The summed E-state index contributed by atoms with van der Waals surface area (Å²) in [6.07, 6.45) is 3.21. The third kappa shape index (κ3) is 3.34. The molecule has 1 aliphatic rings. The number of anilines is 1. The summed E-state index contributed by atoms with van der Waals surface area (Å²) in [5.74, 6) is -0.413. The van der Waals surface area contributed by atoms with Crippen molar-refractivity contribution >= 4 is 27.5 Å². The summed E-state index contributed by atoms with van der Waals surface area (Å²) in [4.78, 5) is 11.3. The Bertz CT molecular complexity index is 485. The van der Waals surface area contributed by atoms with E-state index in [4.69, 9.17) is 5.73 Å². The average Bonchev–Trinajstić information content (AvgIpc) is 2.37. The molecule has 0 unspecified atom stereocenters. The molecule has 1 amide bonds. The number of halogens is 1. The summed E-state index contributed by atoms with van der Waals surface area (Å²) >= 11 is 3.39. The molecule has 1 aliphatic heterocycles. The fraction of sp³-hybridized carbons (Fsp3) is 0.308.